The van der Waals surface area contributed by atoms with Crippen LogP contribution in [0.4, 0.5) is 17.6 Å². The first-order valence-corrected chi connectivity index (χ1v) is 7.23. The third kappa shape index (κ3) is 3.26. The molecule has 0 saturated carbocycles. The molecule has 122 valence electrons. The van der Waals surface area contributed by atoms with Crippen molar-refractivity contribution in [2.75, 3.05) is 0 Å². The van der Waals surface area contributed by atoms with E-state index < -0.39 is 36.2 Å². The van der Waals surface area contributed by atoms with Crippen molar-refractivity contribution in [2.24, 2.45) is 0 Å². The normalized spacial score (nSPS) is 20.3. The quantitative estimate of drug-likeness (QED) is 0.573. The minimum Gasteiger partial charge on any atom is -0.403 e. The number of alkyl halides is 3. The number of hydrogen-bond donors (Lipinski definition) is 0. The molecule has 1 aliphatic rings. The van der Waals surface area contributed by atoms with E-state index in [0.29, 0.717) is 0 Å². The van der Waals surface area contributed by atoms with Gasteiger partial charge in [0.25, 0.3) is 0 Å². The molecule has 3 nitrogen and oxygen atoms in total. The lowest BCUT2D eigenvalue weighted by molar-refractivity contribution is -0.275. The Kier molecular flexibility index (Phi) is 4.30. The summed E-state index contributed by atoms with van der Waals surface area (Å²) in [4.78, 5) is 0. The topological polar surface area (TPSA) is 27.7 Å². The van der Waals surface area contributed by atoms with E-state index in [-0.39, 0.29) is 9.94 Å². The minimum atomic E-state index is -4.98. The van der Waals surface area contributed by atoms with Crippen molar-refractivity contribution >= 4 is 28.5 Å². The van der Waals surface area contributed by atoms with Crippen LogP contribution in [-0.4, -0.2) is 24.7 Å². The van der Waals surface area contributed by atoms with Gasteiger partial charge in [0.1, 0.15) is 0 Å². The van der Waals surface area contributed by atoms with E-state index in [2.05, 4.69) is 20.7 Å². The van der Waals surface area contributed by atoms with E-state index in [0.717, 1.165) is 6.07 Å². The lowest BCUT2D eigenvalue weighted by Crippen LogP contribution is -2.41. The predicted octanol–water partition coefficient (Wildman–Crippen LogP) is 3.79. The molecule has 9 heteroatoms. The second kappa shape index (κ2) is 5.38. The van der Waals surface area contributed by atoms with E-state index in [4.69, 9.17) is 9.31 Å². The predicted molar refractivity (Wildman–Crippen MR) is 76.5 cm³/mol. The lowest BCUT2D eigenvalue weighted by atomic mass is 9.78. The first-order chi connectivity index (χ1) is 9.84. The van der Waals surface area contributed by atoms with Crippen molar-refractivity contribution in [1.82, 2.24) is 0 Å². The molecule has 0 bridgehead atoms. The Hall–Kier alpha value is -0.795. The van der Waals surface area contributed by atoms with Crippen LogP contribution in [0.3, 0.4) is 0 Å². The van der Waals surface area contributed by atoms with Crippen LogP contribution < -0.4 is 10.2 Å². The number of benzene rings is 1. The number of hydrogen-bond acceptors (Lipinski definition) is 3. The largest absolute Gasteiger partial charge is 0.573 e. The van der Waals surface area contributed by atoms with Gasteiger partial charge >= 0.3 is 13.5 Å². The van der Waals surface area contributed by atoms with Crippen LogP contribution in [0.5, 0.6) is 5.75 Å². The molecule has 0 spiro atoms. The third-order valence-electron chi connectivity index (χ3n) is 3.81. The van der Waals surface area contributed by atoms with Gasteiger partial charge in [0.05, 0.1) is 11.2 Å². The zero-order valence-corrected chi connectivity index (χ0v) is 13.9. The first-order valence-electron chi connectivity index (χ1n) is 6.43. The summed E-state index contributed by atoms with van der Waals surface area (Å²) >= 11 is 3.11. The molecule has 22 heavy (non-hydrogen) atoms. The van der Waals surface area contributed by atoms with E-state index >= 15 is 0 Å². The number of ether oxygens (including phenoxy) is 1. The van der Waals surface area contributed by atoms with Gasteiger partial charge in [-0.25, -0.2) is 4.39 Å². The standard InChI is InChI=1S/C13H14BBrF4O3/c1-11(2)12(3,4)22-14(21-11)9-7(15)5-6-8(10(9)16)20-13(17,18)19/h5-6H,1-4H3. The second-order valence-corrected chi connectivity index (χ2v) is 6.76. The minimum absolute atomic E-state index is 0.166. The van der Waals surface area contributed by atoms with Gasteiger partial charge in [-0.1, -0.05) is 15.9 Å². The average molecular weight is 385 g/mol. The van der Waals surface area contributed by atoms with Crippen molar-refractivity contribution in [3.63, 3.8) is 0 Å². The maximum atomic E-state index is 14.4. The molecule has 0 unspecified atom stereocenters. The van der Waals surface area contributed by atoms with Crippen molar-refractivity contribution < 1.29 is 31.6 Å². The van der Waals surface area contributed by atoms with Crippen LogP contribution in [0.1, 0.15) is 27.7 Å². The Bertz CT molecular complexity index is 573. The number of rotatable bonds is 2. The van der Waals surface area contributed by atoms with Crippen LogP contribution in [-0.2, 0) is 9.31 Å². The summed E-state index contributed by atoms with van der Waals surface area (Å²) in [7, 11) is -1.14. The summed E-state index contributed by atoms with van der Waals surface area (Å²) in [5, 5.41) is 0. The van der Waals surface area contributed by atoms with Crippen LogP contribution in [0.2, 0.25) is 0 Å². The van der Waals surface area contributed by atoms with Gasteiger partial charge < -0.3 is 14.0 Å². The van der Waals surface area contributed by atoms with E-state index in [1.54, 1.807) is 27.7 Å². The molecule has 0 amide bonds. The van der Waals surface area contributed by atoms with Crippen LogP contribution in [0.15, 0.2) is 16.6 Å². The fourth-order valence-electron chi connectivity index (χ4n) is 1.93. The van der Waals surface area contributed by atoms with Gasteiger partial charge in [-0.15, -0.1) is 13.2 Å². The van der Waals surface area contributed by atoms with Gasteiger partial charge in [0.2, 0.25) is 0 Å². The summed E-state index contributed by atoms with van der Waals surface area (Å²) in [6.45, 7) is 7.04. The maximum Gasteiger partial charge on any atom is 0.573 e. The van der Waals surface area contributed by atoms with Gasteiger partial charge in [0.15, 0.2) is 11.6 Å². The molecule has 0 aromatic heterocycles. The Morgan fingerprint density at radius 1 is 1.09 bits per heavy atom. The van der Waals surface area contributed by atoms with Crippen molar-refractivity contribution in [2.45, 2.75) is 45.3 Å². The molecule has 1 saturated heterocycles. The highest BCUT2D eigenvalue weighted by Gasteiger charge is 2.53. The van der Waals surface area contributed by atoms with E-state index in [1.807, 2.05) is 0 Å². The molecule has 1 aliphatic heterocycles. The zero-order chi connectivity index (χ0) is 16.9. The average Bonchev–Trinajstić information content (AvgIpc) is 2.50. The monoisotopic (exact) mass is 384 g/mol. The van der Waals surface area contributed by atoms with Crippen molar-refractivity contribution in [3.8, 4) is 5.75 Å². The summed E-state index contributed by atoms with van der Waals surface area (Å²) in [5.74, 6) is -2.11. The summed E-state index contributed by atoms with van der Waals surface area (Å²) in [6.07, 6.45) is -4.98. The highest BCUT2D eigenvalue weighted by Crippen LogP contribution is 2.38. The Morgan fingerprint density at radius 3 is 2.05 bits per heavy atom. The highest BCUT2D eigenvalue weighted by atomic mass is 79.9. The molecule has 1 aromatic carbocycles. The molecule has 1 heterocycles. The Labute approximate surface area is 134 Å². The Balaban J connectivity index is 2.42. The van der Waals surface area contributed by atoms with E-state index in [9.17, 15) is 17.6 Å². The van der Waals surface area contributed by atoms with Crippen LogP contribution in [0.25, 0.3) is 0 Å². The second-order valence-electron chi connectivity index (χ2n) is 5.91. The lowest BCUT2D eigenvalue weighted by Gasteiger charge is -2.32. The zero-order valence-electron chi connectivity index (χ0n) is 12.3. The molecule has 0 radical (unpaired) electrons. The molecular weight excluding hydrogens is 371 g/mol. The SMILES string of the molecule is CC1(C)OB(c2c(Br)ccc(OC(F)(F)F)c2F)OC1(C)C. The van der Waals surface area contributed by atoms with Gasteiger partial charge in [0, 0.05) is 9.94 Å². The molecule has 2 rings (SSSR count). The molecule has 0 aliphatic carbocycles. The van der Waals surface area contributed by atoms with Crippen molar-refractivity contribution in [1.29, 1.82) is 0 Å². The summed E-state index contributed by atoms with van der Waals surface area (Å²) in [5.41, 5.74) is -1.66. The molecule has 0 N–H and O–H groups in total. The third-order valence-corrected chi connectivity index (χ3v) is 4.50. The van der Waals surface area contributed by atoms with Gasteiger partial charge in [-0.3, -0.25) is 0 Å². The molecular formula is C13H14BBrF4O3. The Morgan fingerprint density at radius 2 is 1.59 bits per heavy atom. The fourth-order valence-corrected chi connectivity index (χ4v) is 2.42. The first kappa shape index (κ1) is 17.6. The van der Waals surface area contributed by atoms with Crippen LogP contribution in [0, 0.1) is 5.82 Å². The van der Waals surface area contributed by atoms with Crippen LogP contribution >= 0.6 is 15.9 Å². The molecule has 1 fully saturated rings. The summed E-state index contributed by atoms with van der Waals surface area (Å²) < 4.78 is 66.6. The highest BCUT2D eigenvalue weighted by molar-refractivity contribution is 9.10. The molecule has 0 atom stereocenters. The van der Waals surface area contributed by atoms with Gasteiger partial charge in [-0.05, 0) is 39.8 Å². The maximum absolute atomic E-state index is 14.4. The smallest absolute Gasteiger partial charge is 0.403 e. The molecule has 1 aromatic rings. The van der Waals surface area contributed by atoms with Crippen molar-refractivity contribution in [3.05, 3.63) is 22.4 Å². The van der Waals surface area contributed by atoms with E-state index in [1.165, 1.54) is 6.07 Å². The fraction of sp³-hybridized carbons (Fsp3) is 0.538. The number of halogens is 5. The van der Waals surface area contributed by atoms with Gasteiger partial charge in [-0.2, -0.15) is 0 Å². The summed E-state index contributed by atoms with van der Waals surface area (Å²) in [6, 6.07) is 2.15.